The minimum atomic E-state index is -4.36. The van der Waals surface area contributed by atoms with E-state index in [1.165, 1.54) is 37.9 Å². The van der Waals surface area contributed by atoms with Crippen LogP contribution in [-0.2, 0) is 6.18 Å². The summed E-state index contributed by atoms with van der Waals surface area (Å²) in [4.78, 5) is 3.44. The molecule has 5 heteroatoms. The molecule has 0 spiro atoms. The van der Waals surface area contributed by atoms with E-state index in [-0.39, 0.29) is 0 Å². The van der Waals surface area contributed by atoms with Gasteiger partial charge in [-0.2, -0.15) is 13.2 Å². The van der Waals surface area contributed by atoms with Crippen LogP contribution < -0.4 is 5.32 Å². The zero-order chi connectivity index (χ0) is 13.9. The van der Waals surface area contributed by atoms with Crippen molar-refractivity contribution in [1.29, 1.82) is 0 Å². The van der Waals surface area contributed by atoms with Gasteiger partial charge in [-0.3, -0.25) is 0 Å². The van der Waals surface area contributed by atoms with Crippen molar-refractivity contribution in [3.8, 4) is 0 Å². The van der Waals surface area contributed by atoms with Crippen LogP contribution in [0.25, 0.3) is 0 Å². The Morgan fingerprint density at radius 3 is 2.42 bits per heavy atom. The van der Waals surface area contributed by atoms with Crippen molar-refractivity contribution in [3.05, 3.63) is 24.0 Å². The van der Waals surface area contributed by atoms with Crippen molar-refractivity contribution in [3.63, 3.8) is 0 Å². The van der Waals surface area contributed by atoms with E-state index < -0.39 is 11.9 Å². The summed E-state index contributed by atoms with van der Waals surface area (Å²) >= 11 is 0. The Morgan fingerprint density at radius 1 is 1.21 bits per heavy atom. The first-order chi connectivity index (χ1) is 8.95. The largest absolute Gasteiger partial charge is 0.433 e. The summed E-state index contributed by atoms with van der Waals surface area (Å²) in [6.07, 6.45) is 1.78. The molecule has 19 heavy (non-hydrogen) atoms. The number of hydrogen-bond donors (Lipinski definition) is 1. The lowest BCUT2D eigenvalue weighted by Gasteiger charge is -2.26. The van der Waals surface area contributed by atoms with E-state index in [9.17, 15) is 13.2 Å². The summed E-state index contributed by atoms with van der Waals surface area (Å²) in [6.45, 7) is 3.09. The smallest absolute Gasteiger partial charge is 0.384 e. The lowest BCUT2D eigenvalue weighted by Crippen LogP contribution is -2.20. The molecule has 1 N–H and O–H groups in total. The molecule has 1 aromatic heterocycles. The van der Waals surface area contributed by atoms with Crippen LogP contribution in [0.15, 0.2) is 18.3 Å². The Bertz CT molecular complexity index is 392. The fourth-order valence-corrected chi connectivity index (χ4v) is 2.46. The third-order valence-electron chi connectivity index (χ3n) is 3.78. The monoisotopic (exact) mass is 272 g/mol. The molecule has 0 aliphatic heterocycles. The molecule has 2 rings (SSSR count). The summed E-state index contributed by atoms with van der Waals surface area (Å²) in [5.74, 6) is 1.43. The van der Waals surface area contributed by atoms with Crippen LogP contribution in [0.5, 0.6) is 0 Å². The van der Waals surface area contributed by atoms with Crippen LogP contribution in [0.4, 0.5) is 18.9 Å². The molecular formula is C14H19F3N2. The summed E-state index contributed by atoms with van der Waals surface area (Å²) in [5.41, 5.74) is -0.184. The number of alkyl halides is 3. The maximum absolute atomic E-state index is 12.3. The van der Waals surface area contributed by atoms with Crippen molar-refractivity contribution in [2.24, 2.45) is 11.8 Å². The van der Waals surface area contributed by atoms with Gasteiger partial charge in [-0.15, -0.1) is 0 Å². The molecule has 1 heterocycles. The van der Waals surface area contributed by atoms with Crippen LogP contribution in [0.1, 0.15) is 38.3 Å². The van der Waals surface area contributed by atoms with E-state index in [0.717, 1.165) is 18.5 Å². The number of nitrogens with zero attached hydrogens (tertiary/aromatic N) is 1. The molecule has 0 amide bonds. The minimum Gasteiger partial charge on any atom is -0.384 e. The number of halogens is 3. The molecule has 1 saturated carbocycles. The van der Waals surface area contributed by atoms with Crippen LogP contribution in [0.2, 0.25) is 0 Å². The second kappa shape index (κ2) is 5.80. The minimum absolute atomic E-state index is 0.624. The predicted octanol–water partition coefficient (Wildman–Crippen LogP) is 4.34. The molecule has 1 fully saturated rings. The van der Waals surface area contributed by atoms with Gasteiger partial charge < -0.3 is 5.32 Å². The topological polar surface area (TPSA) is 24.9 Å². The first kappa shape index (κ1) is 14.2. The zero-order valence-corrected chi connectivity index (χ0v) is 11.0. The van der Waals surface area contributed by atoms with Crippen molar-refractivity contribution in [1.82, 2.24) is 4.98 Å². The standard InChI is InChI=1S/C14H19F3N2/c1-10-2-4-11(5-3-10)8-18-12-6-7-13(19-9-12)14(15,16)17/h6-7,9-11,18H,2-5,8H2,1H3/t10-,11-. The quantitative estimate of drug-likeness (QED) is 0.885. The molecule has 0 saturated heterocycles. The Kier molecular flexibility index (Phi) is 4.32. The van der Waals surface area contributed by atoms with E-state index in [1.54, 1.807) is 0 Å². The molecule has 1 aromatic rings. The van der Waals surface area contributed by atoms with Crippen molar-refractivity contribution in [2.45, 2.75) is 38.8 Å². The van der Waals surface area contributed by atoms with Gasteiger partial charge in [0.25, 0.3) is 0 Å². The average molecular weight is 272 g/mol. The van der Waals surface area contributed by atoms with Gasteiger partial charge in [-0.1, -0.05) is 19.8 Å². The van der Waals surface area contributed by atoms with Crippen LogP contribution in [-0.4, -0.2) is 11.5 Å². The summed E-state index contributed by atoms with van der Waals surface area (Å²) in [7, 11) is 0. The van der Waals surface area contributed by atoms with Gasteiger partial charge in [0.2, 0.25) is 0 Å². The van der Waals surface area contributed by atoms with Gasteiger partial charge >= 0.3 is 6.18 Å². The maximum atomic E-state index is 12.3. The molecule has 0 aromatic carbocycles. The highest BCUT2D eigenvalue weighted by molar-refractivity contribution is 5.41. The Hall–Kier alpha value is -1.26. The molecule has 0 radical (unpaired) electrons. The number of hydrogen-bond acceptors (Lipinski definition) is 2. The highest BCUT2D eigenvalue weighted by Gasteiger charge is 2.32. The fraction of sp³-hybridized carbons (Fsp3) is 0.643. The van der Waals surface area contributed by atoms with E-state index >= 15 is 0 Å². The average Bonchev–Trinajstić information content (AvgIpc) is 2.37. The molecular weight excluding hydrogens is 253 g/mol. The predicted molar refractivity (Wildman–Crippen MR) is 68.9 cm³/mol. The highest BCUT2D eigenvalue weighted by atomic mass is 19.4. The normalized spacial score (nSPS) is 24.2. The lowest BCUT2D eigenvalue weighted by atomic mass is 9.83. The van der Waals surface area contributed by atoms with Gasteiger partial charge in [0.15, 0.2) is 0 Å². The van der Waals surface area contributed by atoms with Gasteiger partial charge in [0.05, 0.1) is 11.9 Å². The van der Waals surface area contributed by atoms with Crippen LogP contribution in [0, 0.1) is 11.8 Å². The first-order valence-electron chi connectivity index (χ1n) is 6.72. The Balaban J connectivity index is 1.83. The molecule has 0 unspecified atom stereocenters. The van der Waals surface area contributed by atoms with Gasteiger partial charge in [0, 0.05) is 6.54 Å². The summed E-state index contributed by atoms with van der Waals surface area (Å²) < 4.78 is 37.0. The zero-order valence-electron chi connectivity index (χ0n) is 11.0. The highest BCUT2D eigenvalue weighted by Crippen LogP contribution is 2.29. The lowest BCUT2D eigenvalue weighted by molar-refractivity contribution is -0.141. The van der Waals surface area contributed by atoms with Gasteiger partial charge in [-0.05, 0) is 36.8 Å². The van der Waals surface area contributed by atoms with E-state index in [0.29, 0.717) is 11.6 Å². The third-order valence-corrected chi connectivity index (χ3v) is 3.78. The van der Waals surface area contributed by atoms with E-state index in [4.69, 9.17) is 0 Å². The van der Waals surface area contributed by atoms with Crippen molar-refractivity contribution >= 4 is 5.69 Å². The van der Waals surface area contributed by atoms with Crippen molar-refractivity contribution < 1.29 is 13.2 Å². The number of nitrogens with one attached hydrogen (secondary N) is 1. The first-order valence-corrected chi connectivity index (χ1v) is 6.72. The Labute approximate surface area is 111 Å². The third kappa shape index (κ3) is 4.11. The van der Waals surface area contributed by atoms with Gasteiger partial charge in [0.1, 0.15) is 5.69 Å². The molecule has 1 aliphatic rings. The Morgan fingerprint density at radius 2 is 1.89 bits per heavy atom. The fourth-order valence-electron chi connectivity index (χ4n) is 2.46. The maximum Gasteiger partial charge on any atom is 0.433 e. The molecule has 106 valence electrons. The van der Waals surface area contributed by atoms with Crippen molar-refractivity contribution in [2.75, 3.05) is 11.9 Å². The number of aromatic nitrogens is 1. The molecule has 0 bridgehead atoms. The summed E-state index contributed by atoms with van der Waals surface area (Å²) in [6, 6.07) is 2.46. The number of pyridine rings is 1. The second-order valence-corrected chi connectivity index (χ2v) is 5.44. The molecule has 1 aliphatic carbocycles. The molecule has 0 atom stereocenters. The SMILES string of the molecule is C[C@H]1CC[C@H](CNc2ccc(C(F)(F)F)nc2)CC1. The van der Waals surface area contributed by atoms with Gasteiger partial charge in [-0.25, -0.2) is 4.98 Å². The second-order valence-electron chi connectivity index (χ2n) is 5.44. The number of rotatable bonds is 3. The van der Waals surface area contributed by atoms with E-state index in [2.05, 4.69) is 17.2 Å². The number of anilines is 1. The molecule has 2 nitrogen and oxygen atoms in total. The van der Waals surface area contributed by atoms with E-state index in [1.807, 2.05) is 0 Å². The van der Waals surface area contributed by atoms with Crippen LogP contribution in [0.3, 0.4) is 0 Å². The summed E-state index contributed by atoms with van der Waals surface area (Å²) in [5, 5.41) is 3.18. The van der Waals surface area contributed by atoms with Crippen LogP contribution >= 0.6 is 0 Å².